The fourth-order valence-corrected chi connectivity index (χ4v) is 3.29. The van der Waals surface area contributed by atoms with Gasteiger partial charge in [0.2, 0.25) is 0 Å². The first-order chi connectivity index (χ1) is 12.0. The van der Waals surface area contributed by atoms with E-state index in [0.29, 0.717) is 17.4 Å². The van der Waals surface area contributed by atoms with Gasteiger partial charge in [0.05, 0.1) is 12.3 Å². The first-order valence-corrected chi connectivity index (χ1v) is 9.04. The number of hydrogen-bond acceptors (Lipinski definition) is 3. The highest BCUT2D eigenvalue weighted by Gasteiger charge is 2.36. The lowest BCUT2D eigenvalue weighted by molar-refractivity contribution is -0.114. The Bertz CT molecular complexity index is 852. The number of carbonyl (C=O) groups excluding carboxylic acids is 1. The Morgan fingerprint density at radius 2 is 1.92 bits per heavy atom. The number of halogens is 1. The molecular formula is C19H17BrN2O2S. The van der Waals surface area contributed by atoms with Crippen molar-refractivity contribution in [3.05, 3.63) is 64.3 Å². The summed E-state index contributed by atoms with van der Waals surface area (Å²) >= 11 is 8.94. The smallest absolute Gasteiger partial charge is 0.281 e. The molecule has 0 aliphatic carbocycles. The summed E-state index contributed by atoms with van der Waals surface area (Å²) in [7, 11) is 1.80. The van der Waals surface area contributed by atoms with Gasteiger partial charge in [-0.05, 0) is 55.5 Å². The lowest BCUT2D eigenvalue weighted by atomic mass is 10.1. The molecule has 6 heteroatoms. The number of rotatable bonds is 4. The maximum absolute atomic E-state index is 13.0. The topological polar surface area (TPSA) is 32.8 Å². The minimum atomic E-state index is -0.152. The molecule has 128 valence electrons. The monoisotopic (exact) mass is 416 g/mol. The molecule has 0 aromatic heterocycles. The molecule has 0 unspecified atom stereocenters. The van der Waals surface area contributed by atoms with E-state index < -0.39 is 0 Å². The number of hydrogen-bond donors (Lipinski definition) is 0. The molecule has 0 radical (unpaired) electrons. The molecule has 2 aromatic carbocycles. The Hall–Kier alpha value is -2.18. The van der Waals surface area contributed by atoms with E-state index in [-0.39, 0.29) is 5.91 Å². The van der Waals surface area contributed by atoms with Crippen LogP contribution in [-0.4, -0.2) is 29.6 Å². The molecule has 1 fully saturated rings. The third kappa shape index (κ3) is 3.45. The summed E-state index contributed by atoms with van der Waals surface area (Å²) in [5.41, 5.74) is 2.09. The molecule has 2 aromatic rings. The molecule has 1 heterocycles. The van der Waals surface area contributed by atoms with Crippen molar-refractivity contribution in [3.63, 3.8) is 0 Å². The fourth-order valence-electron chi connectivity index (χ4n) is 2.63. The fraction of sp³-hybridized carbons (Fsp3) is 0.158. The molecule has 3 rings (SSSR count). The van der Waals surface area contributed by atoms with Crippen LogP contribution in [-0.2, 0) is 4.79 Å². The van der Waals surface area contributed by atoms with Crippen LogP contribution in [0.25, 0.3) is 6.08 Å². The van der Waals surface area contributed by atoms with Gasteiger partial charge < -0.3 is 9.64 Å². The van der Waals surface area contributed by atoms with Gasteiger partial charge in [0.25, 0.3) is 5.91 Å². The quantitative estimate of drug-likeness (QED) is 0.544. The second-order valence-corrected chi connectivity index (χ2v) is 6.74. The molecule has 0 spiro atoms. The third-order valence-corrected chi connectivity index (χ3v) is 4.79. The standard InChI is InChI=1S/C19H17BrN2O2S/c1-3-24-17-10-9-14(20)11-13(17)12-16-18(23)22(19(25)21(16)2)15-7-5-4-6-8-15/h4-12H,3H2,1-2H3/b16-12-. The molecule has 25 heavy (non-hydrogen) atoms. The van der Waals surface area contributed by atoms with Crippen LogP contribution in [0.15, 0.2) is 58.7 Å². The average molecular weight is 417 g/mol. The van der Waals surface area contributed by atoms with Gasteiger partial charge in [-0.3, -0.25) is 9.69 Å². The van der Waals surface area contributed by atoms with Crippen molar-refractivity contribution in [3.8, 4) is 5.75 Å². The molecule has 1 saturated heterocycles. The second kappa shape index (κ2) is 7.37. The van der Waals surface area contributed by atoms with Crippen molar-refractivity contribution in [2.45, 2.75) is 6.92 Å². The molecule has 4 nitrogen and oxygen atoms in total. The highest BCUT2D eigenvalue weighted by Crippen LogP contribution is 2.31. The van der Waals surface area contributed by atoms with Gasteiger partial charge in [-0.1, -0.05) is 34.1 Å². The van der Waals surface area contributed by atoms with E-state index in [0.717, 1.165) is 21.5 Å². The summed E-state index contributed by atoms with van der Waals surface area (Å²) in [5, 5.41) is 0.454. The predicted octanol–water partition coefficient (Wildman–Crippen LogP) is 4.45. The highest BCUT2D eigenvalue weighted by molar-refractivity contribution is 9.10. The molecule has 0 atom stereocenters. The largest absolute Gasteiger partial charge is 0.493 e. The zero-order valence-corrected chi connectivity index (χ0v) is 16.3. The van der Waals surface area contributed by atoms with Crippen LogP contribution in [0, 0.1) is 0 Å². The Morgan fingerprint density at radius 1 is 1.20 bits per heavy atom. The van der Waals surface area contributed by atoms with Gasteiger partial charge in [0.1, 0.15) is 11.4 Å². The summed E-state index contributed by atoms with van der Waals surface area (Å²) in [6, 6.07) is 15.1. The van der Waals surface area contributed by atoms with Crippen molar-refractivity contribution >= 4 is 50.9 Å². The predicted molar refractivity (Wildman–Crippen MR) is 108 cm³/mol. The summed E-state index contributed by atoms with van der Waals surface area (Å²) in [6.45, 7) is 2.48. The first kappa shape index (κ1) is 17.6. The number of carbonyl (C=O) groups is 1. The van der Waals surface area contributed by atoms with Gasteiger partial charge in [-0.25, -0.2) is 0 Å². The molecule has 1 aliphatic heterocycles. The van der Waals surface area contributed by atoms with E-state index in [1.165, 1.54) is 0 Å². The summed E-state index contributed by atoms with van der Waals surface area (Å²) in [6.07, 6.45) is 1.81. The number of thiocarbonyl (C=S) groups is 1. The maximum atomic E-state index is 13.0. The first-order valence-electron chi connectivity index (χ1n) is 7.84. The zero-order chi connectivity index (χ0) is 18.0. The number of anilines is 1. The number of benzene rings is 2. The van der Waals surface area contributed by atoms with E-state index in [1.54, 1.807) is 16.8 Å². The van der Waals surface area contributed by atoms with E-state index in [9.17, 15) is 4.79 Å². The zero-order valence-electron chi connectivity index (χ0n) is 13.9. The number of nitrogens with zero attached hydrogens (tertiary/aromatic N) is 2. The summed E-state index contributed by atoms with van der Waals surface area (Å²) in [5.74, 6) is 0.574. The van der Waals surface area contributed by atoms with Crippen LogP contribution in [0.4, 0.5) is 5.69 Å². The van der Waals surface area contributed by atoms with Crippen LogP contribution < -0.4 is 9.64 Å². The minimum Gasteiger partial charge on any atom is -0.493 e. The SMILES string of the molecule is CCOc1ccc(Br)cc1/C=C1/C(=O)N(c2ccccc2)C(=S)N1C. The van der Waals surface area contributed by atoms with E-state index >= 15 is 0 Å². The lowest BCUT2D eigenvalue weighted by Gasteiger charge is -2.16. The highest BCUT2D eigenvalue weighted by atomic mass is 79.9. The van der Waals surface area contributed by atoms with Crippen molar-refractivity contribution in [2.24, 2.45) is 0 Å². The van der Waals surface area contributed by atoms with Crippen LogP contribution in [0.3, 0.4) is 0 Å². The summed E-state index contributed by atoms with van der Waals surface area (Å²) < 4.78 is 6.58. The normalized spacial score (nSPS) is 16.0. The molecule has 0 N–H and O–H groups in total. The Kier molecular flexibility index (Phi) is 5.20. The third-order valence-electron chi connectivity index (χ3n) is 3.84. The maximum Gasteiger partial charge on any atom is 0.281 e. The second-order valence-electron chi connectivity index (χ2n) is 5.46. The van der Waals surface area contributed by atoms with Crippen molar-refractivity contribution in [1.29, 1.82) is 0 Å². The van der Waals surface area contributed by atoms with Crippen LogP contribution in [0.1, 0.15) is 12.5 Å². The number of likely N-dealkylation sites (N-methyl/N-ethyl adjacent to an activating group) is 1. The van der Waals surface area contributed by atoms with E-state index in [2.05, 4.69) is 15.9 Å². The van der Waals surface area contributed by atoms with Gasteiger partial charge in [0.15, 0.2) is 5.11 Å². The molecular weight excluding hydrogens is 400 g/mol. The van der Waals surface area contributed by atoms with Gasteiger partial charge in [-0.15, -0.1) is 0 Å². The Balaban J connectivity index is 2.03. The molecule has 1 aliphatic rings. The number of ether oxygens (including phenoxy) is 1. The number of para-hydroxylation sites is 1. The Labute approximate surface area is 160 Å². The van der Waals surface area contributed by atoms with E-state index in [4.69, 9.17) is 17.0 Å². The number of amides is 1. The van der Waals surface area contributed by atoms with Gasteiger partial charge >= 0.3 is 0 Å². The van der Waals surface area contributed by atoms with Gasteiger partial charge in [-0.2, -0.15) is 0 Å². The average Bonchev–Trinajstić information content (AvgIpc) is 2.82. The molecule has 1 amide bonds. The van der Waals surface area contributed by atoms with Crippen molar-refractivity contribution < 1.29 is 9.53 Å². The lowest BCUT2D eigenvalue weighted by Crippen LogP contribution is -2.30. The summed E-state index contributed by atoms with van der Waals surface area (Å²) in [4.78, 5) is 16.2. The molecule has 0 bridgehead atoms. The van der Waals surface area contributed by atoms with E-state index in [1.807, 2.05) is 61.5 Å². The molecule has 0 saturated carbocycles. The Morgan fingerprint density at radius 3 is 2.60 bits per heavy atom. The van der Waals surface area contributed by atoms with Crippen LogP contribution in [0.2, 0.25) is 0 Å². The van der Waals surface area contributed by atoms with Crippen molar-refractivity contribution in [2.75, 3.05) is 18.6 Å². The minimum absolute atomic E-state index is 0.152. The van der Waals surface area contributed by atoms with Crippen molar-refractivity contribution in [1.82, 2.24) is 4.90 Å². The van der Waals surface area contributed by atoms with Crippen LogP contribution in [0.5, 0.6) is 5.75 Å². The van der Waals surface area contributed by atoms with Gasteiger partial charge in [0, 0.05) is 17.1 Å². The van der Waals surface area contributed by atoms with Crippen LogP contribution >= 0.6 is 28.1 Å².